The highest BCUT2D eigenvalue weighted by molar-refractivity contribution is 5.78. The largest absolute Gasteiger partial charge is 0.508 e. The van der Waals surface area contributed by atoms with Gasteiger partial charge in [0.05, 0.1) is 11.5 Å². The van der Waals surface area contributed by atoms with Crippen LogP contribution in [0, 0.1) is 0 Å². The quantitative estimate of drug-likeness (QED) is 0.639. The van der Waals surface area contributed by atoms with Crippen molar-refractivity contribution in [1.82, 2.24) is 0 Å². The van der Waals surface area contributed by atoms with Crippen LogP contribution in [0.25, 0.3) is 23.1 Å². The van der Waals surface area contributed by atoms with Gasteiger partial charge in [0, 0.05) is 23.8 Å². The minimum atomic E-state index is 0.169. The van der Waals surface area contributed by atoms with Crippen molar-refractivity contribution >= 4 is 23.1 Å². The first kappa shape index (κ1) is 15.0. The summed E-state index contributed by atoms with van der Waals surface area (Å²) in [6, 6.07) is 13.8. The molecule has 0 saturated carbocycles. The Morgan fingerprint density at radius 3 is 2.60 bits per heavy atom. The van der Waals surface area contributed by atoms with Gasteiger partial charge < -0.3 is 14.9 Å². The molecule has 122 valence electrons. The third kappa shape index (κ3) is 3.23. The number of phenols is 2. The molecule has 0 radical (unpaired) electrons. The summed E-state index contributed by atoms with van der Waals surface area (Å²) in [7, 11) is 0. The van der Waals surface area contributed by atoms with E-state index in [1.165, 1.54) is 0 Å². The van der Waals surface area contributed by atoms with Gasteiger partial charge in [0.1, 0.15) is 23.0 Å². The molecule has 0 bridgehead atoms. The lowest BCUT2D eigenvalue weighted by atomic mass is 10.1. The molecule has 0 atom stereocenters. The maximum absolute atomic E-state index is 9.54. The maximum Gasteiger partial charge on any atom is 0.364 e. The van der Waals surface area contributed by atoms with Gasteiger partial charge in [0.25, 0.3) is 0 Å². The zero-order chi connectivity index (χ0) is 17.2. The molecule has 0 spiro atoms. The van der Waals surface area contributed by atoms with Crippen LogP contribution in [0.2, 0.25) is 0 Å². The number of aromatic hydroxyl groups is 2. The van der Waals surface area contributed by atoms with Crippen LogP contribution in [0.4, 0.5) is 0 Å². The van der Waals surface area contributed by atoms with Gasteiger partial charge in [-0.05, 0) is 54.6 Å². The van der Waals surface area contributed by atoms with Crippen molar-refractivity contribution in [2.45, 2.75) is 0 Å². The molecule has 0 unspecified atom stereocenters. The summed E-state index contributed by atoms with van der Waals surface area (Å²) in [5.74, 6) is 2.28. The Balaban J connectivity index is 1.55. The first-order chi connectivity index (χ1) is 12.2. The Hall–Kier alpha value is -3.53. The lowest BCUT2D eigenvalue weighted by Crippen LogP contribution is -1.98. The second-order valence-corrected chi connectivity index (χ2v) is 5.65. The third-order valence-electron chi connectivity index (χ3n) is 3.83. The van der Waals surface area contributed by atoms with E-state index < -0.39 is 0 Å². The molecular weight excluding hydrogens is 316 g/mol. The van der Waals surface area contributed by atoms with E-state index in [1.807, 2.05) is 42.5 Å². The monoisotopic (exact) mass is 331 g/mol. The molecule has 1 aliphatic rings. The molecule has 0 fully saturated rings. The molecule has 2 aromatic carbocycles. The maximum atomic E-state index is 9.54. The average molecular weight is 331 g/mol. The van der Waals surface area contributed by atoms with Crippen LogP contribution in [-0.4, -0.2) is 10.2 Å². The highest BCUT2D eigenvalue weighted by Crippen LogP contribution is 2.30. The molecule has 4 nitrogen and oxygen atoms in total. The average Bonchev–Trinajstić information content (AvgIpc) is 2.61. The van der Waals surface area contributed by atoms with Crippen molar-refractivity contribution in [3.8, 4) is 17.2 Å². The first-order valence-corrected chi connectivity index (χ1v) is 7.81. The second kappa shape index (κ2) is 6.17. The highest BCUT2D eigenvalue weighted by Gasteiger charge is 2.11. The number of fused-ring (bicyclic) bond motifs is 2. The number of hydrogen-bond donors (Lipinski definition) is 2. The topological polar surface area (TPSA) is 61.0 Å². The Morgan fingerprint density at radius 2 is 1.68 bits per heavy atom. The smallest absolute Gasteiger partial charge is 0.364 e. The van der Waals surface area contributed by atoms with Gasteiger partial charge in [0.2, 0.25) is 0 Å². The summed E-state index contributed by atoms with van der Waals surface area (Å²) in [6.07, 6.45) is 9.23. The Kier molecular flexibility index (Phi) is 3.71. The van der Waals surface area contributed by atoms with Crippen molar-refractivity contribution in [2.24, 2.45) is 0 Å². The SMILES string of the molecule is Oc1ccc2c(c1)OC(=CC=Cc1ccc3ccc(O)cc3[o+]1)C=C2. The number of rotatable bonds is 2. The zero-order valence-electron chi connectivity index (χ0n) is 13.2. The molecule has 0 aliphatic carbocycles. The second-order valence-electron chi connectivity index (χ2n) is 5.65. The van der Waals surface area contributed by atoms with Crippen LogP contribution < -0.4 is 4.74 Å². The summed E-state index contributed by atoms with van der Waals surface area (Å²) < 4.78 is 11.5. The van der Waals surface area contributed by atoms with Crippen molar-refractivity contribution in [3.05, 3.63) is 83.8 Å². The van der Waals surface area contributed by atoms with E-state index in [9.17, 15) is 10.2 Å². The lowest BCUT2D eigenvalue weighted by Gasteiger charge is -2.14. The zero-order valence-corrected chi connectivity index (χ0v) is 13.2. The Morgan fingerprint density at radius 1 is 0.880 bits per heavy atom. The number of benzene rings is 2. The predicted octanol–water partition coefficient (Wildman–Crippen LogP) is 5.13. The van der Waals surface area contributed by atoms with Crippen molar-refractivity contribution in [1.29, 1.82) is 0 Å². The van der Waals surface area contributed by atoms with Crippen LogP contribution in [0.15, 0.2) is 76.9 Å². The molecule has 1 aromatic heterocycles. The van der Waals surface area contributed by atoms with Gasteiger partial charge in [-0.3, -0.25) is 0 Å². The fraction of sp³-hybridized carbons (Fsp3) is 0. The normalized spacial score (nSPS) is 14.8. The van der Waals surface area contributed by atoms with Gasteiger partial charge in [-0.2, -0.15) is 0 Å². The number of hydrogen-bond acceptors (Lipinski definition) is 3. The predicted molar refractivity (Wildman–Crippen MR) is 97.2 cm³/mol. The molecule has 4 heteroatoms. The first-order valence-electron chi connectivity index (χ1n) is 7.81. The summed E-state index contributed by atoms with van der Waals surface area (Å²) in [5, 5.41) is 20.0. The molecule has 4 rings (SSSR count). The van der Waals surface area contributed by atoms with E-state index in [-0.39, 0.29) is 11.5 Å². The number of ether oxygens (including phenoxy) is 1. The van der Waals surface area contributed by atoms with Gasteiger partial charge >= 0.3 is 11.3 Å². The van der Waals surface area contributed by atoms with Gasteiger partial charge in [0.15, 0.2) is 0 Å². The standard InChI is InChI=1S/C21H14O4/c22-16-8-4-14-6-10-18(24-20(14)12-16)2-1-3-19-11-7-15-5-9-17(23)13-21(15)25-19/h1-13H,(H-,22,23)/p+1. The molecule has 0 amide bonds. The summed E-state index contributed by atoms with van der Waals surface area (Å²) in [5.41, 5.74) is 1.54. The van der Waals surface area contributed by atoms with Crippen LogP contribution in [0.1, 0.15) is 11.3 Å². The lowest BCUT2D eigenvalue weighted by molar-refractivity contribution is 0.429. The molecule has 0 saturated heterocycles. The fourth-order valence-corrected chi connectivity index (χ4v) is 2.58. The van der Waals surface area contributed by atoms with E-state index in [0.717, 1.165) is 10.9 Å². The Labute approximate surface area is 144 Å². The van der Waals surface area contributed by atoms with E-state index in [4.69, 9.17) is 9.15 Å². The van der Waals surface area contributed by atoms with Gasteiger partial charge in [-0.15, -0.1) is 0 Å². The highest BCUT2D eigenvalue weighted by atomic mass is 16.5. The molecule has 1 aliphatic heterocycles. The summed E-state index contributed by atoms with van der Waals surface area (Å²) >= 11 is 0. The van der Waals surface area contributed by atoms with E-state index >= 15 is 0 Å². The van der Waals surface area contributed by atoms with Crippen LogP contribution >= 0.6 is 0 Å². The molecular formula is C21H15O4+. The van der Waals surface area contributed by atoms with E-state index in [1.54, 1.807) is 36.4 Å². The van der Waals surface area contributed by atoms with Crippen LogP contribution in [0.3, 0.4) is 0 Å². The Bertz CT molecular complexity index is 1040. The van der Waals surface area contributed by atoms with Crippen molar-refractivity contribution in [2.75, 3.05) is 0 Å². The molecule has 2 heterocycles. The third-order valence-corrected chi connectivity index (χ3v) is 3.83. The minimum absolute atomic E-state index is 0.169. The molecule has 25 heavy (non-hydrogen) atoms. The van der Waals surface area contributed by atoms with Crippen molar-refractivity contribution < 1.29 is 19.4 Å². The van der Waals surface area contributed by atoms with Gasteiger partial charge in [-0.1, -0.05) is 0 Å². The number of allylic oxidation sites excluding steroid dienone is 3. The number of phenolic OH excluding ortho intramolecular Hbond substituents is 2. The minimum Gasteiger partial charge on any atom is -0.508 e. The van der Waals surface area contributed by atoms with E-state index in [0.29, 0.717) is 22.9 Å². The summed E-state index contributed by atoms with van der Waals surface area (Å²) in [4.78, 5) is 0. The van der Waals surface area contributed by atoms with Gasteiger partial charge in [-0.25, -0.2) is 4.42 Å². The summed E-state index contributed by atoms with van der Waals surface area (Å²) in [6.45, 7) is 0. The molecule has 3 aromatic rings. The molecule has 2 N–H and O–H groups in total. The van der Waals surface area contributed by atoms with Crippen LogP contribution in [0.5, 0.6) is 17.2 Å². The van der Waals surface area contributed by atoms with Crippen molar-refractivity contribution in [3.63, 3.8) is 0 Å². The fourth-order valence-electron chi connectivity index (χ4n) is 2.58. The van der Waals surface area contributed by atoms with E-state index in [2.05, 4.69) is 0 Å². The van der Waals surface area contributed by atoms with Crippen LogP contribution in [-0.2, 0) is 0 Å².